The van der Waals surface area contributed by atoms with Crippen molar-refractivity contribution in [2.24, 2.45) is 5.92 Å². The Labute approximate surface area is 136 Å². The maximum Gasteiger partial charge on any atom is 0.344 e. The molecule has 4 heteroatoms. The first-order valence-electron chi connectivity index (χ1n) is 8.58. The normalized spacial score (nSPS) is 21.0. The summed E-state index contributed by atoms with van der Waals surface area (Å²) >= 11 is 0. The first kappa shape index (κ1) is 17.9. The summed E-state index contributed by atoms with van der Waals surface area (Å²) < 4.78 is 41.2. The van der Waals surface area contributed by atoms with E-state index >= 15 is 0 Å². The number of rotatable bonds is 7. The third kappa shape index (κ3) is 5.60. The van der Waals surface area contributed by atoms with Crippen LogP contribution in [0.4, 0.5) is 13.2 Å². The van der Waals surface area contributed by atoms with Gasteiger partial charge in [-0.25, -0.2) is 0 Å². The van der Waals surface area contributed by atoms with Crippen LogP contribution in [0.1, 0.15) is 69.8 Å². The second kappa shape index (κ2) is 8.99. The fourth-order valence-corrected chi connectivity index (χ4v) is 3.42. The maximum atomic E-state index is 12.7. The molecule has 128 valence electrons. The number of halogens is 3. The molecule has 0 bridgehead atoms. The predicted octanol–water partition coefficient (Wildman–Crippen LogP) is 6.95. The molecule has 1 aliphatic rings. The van der Waals surface area contributed by atoms with Crippen LogP contribution in [0, 0.1) is 5.92 Å². The van der Waals surface area contributed by atoms with Crippen LogP contribution in [0.3, 0.4) is 0 Å². The van der Waals surface area contributed by atoms with Crippen molar-refractivity contribution in [3.05, 3.63) is 41.9 Å². The van der Waals surface area contributed by atoms with Gasteiger partial charge < -0.3 is 4.74 Å². The van der Waals surface area contributed by atoms with Crippen LogP contribution >= 0.6 is 0 Å². The van der Waals surface area contributed by atoms with Crippen molar-refractivity contribution in [2.75, 3.05) is 0 Å². The van der Waals surface area contributed by atoms with Gasteiger partial charge in [-0.3, -0.25) is 0 Å². The molecule has 0 saturated heterocycles. The Bertz CT molecular complexity index is 498. The molecule has 0 radical (unpaired) electrons. The molecule has 1 aliphatic carbocycles. The molecular weight excluding hydrogens is 301 g/mol. The number of ether oxygens (including phenoxy) is 1. The Morgan fingerprint density at radius 3 is 2.22 bits per heavy atom. The SMILES string of the molecule is CCCCC[C@H]1CC[C@H](c2ccc(OC(F)=C(F)F)cc2)CC1. The van der Waals surface area contributed by atoms with Gasteiger partial charge in [0.05, 0.1) is 0 Å². The van der Waals surface area contributed by atoms with E-state index in [1.807, 2.05) is 12.1 Å². The van der Waals surface area contributed by atoms with Gasteiger partial charge in [-0.1, -0.05) is 44.7 Å². The first-order chi connectivity index (χ1) is 11.1. The highest BCUT2D eigenvalue weighted by molar-refractivity contribution is 5.30. The predicted molar refractivity (Wildman–Crippen MR) is 86.3 cm³/mol. The fraction of sp³-hybridized carbons (Fsp3) is 0.579. The van der Waals surface area contributed by atoms with Crippen LogP contribution in [0.25, 0.3) is 0 Å². The summed E-state index contributed by atoms with van der Waals surface area (Å²) in [5.41, 5.74) is 1.19. The molecular formula is C19H25F3O. The third-order valence-electron chi connectivity index (χ3n) is 4.77. The molecule has 2 rings (SSSR count). The second-order valence-corrected chi connectivity index (χ2v) is 6.42. The molecule has 0 unspecified atom stereocenters. The standard InChI is InChI=1S/C19H25F3O/c1-2-3-4-5-14-6-8-15(9-7-14)16-10-12-17(13-11-16)23-19(22)18(20)21/h10-15H,2-9H2,1H3/t14-,15-. The minimum Gasteiger partial charge on any atom is -0.428 e. The van der Waals surface area contributed by atoms with E-state index in [9.17, 15) is 13.2 Å². The molecule has 0 atom stereocenters. The molecule has 0 heterocycles. The largest absolute Gasteiger partial charge is 0.428 e. The molecule has 1 nitrogen and oxygen atoms in total. The van der Waals surface area contributed by atoms with Gasteiger partial charge in [-0.05, 0) is 55.2 Å². The Morgan fingerprint density at radius 2 is 1.65 bits per heavy atom. The lowest BCUT2D eigenvalue weighted by Crippen LogP contribution is -2.13. The third-order valence-corrected chi connectivity index (χ3v) is 4.77. The van der Waals surface area contributed by atoms with Crippen LogP contribution in [0.15, 0.2) is 36.4 Å². The van der Waals surface area contributed by atoms with E-state index in [4.69, 9.17) is 0 Å². The number of hydrogen-bond acceptors (Lipinski definition) is 1. The van der Waals surface area contributed by atoms with Gasteiger partial charge in [0.1, 0.15) is 5.75 Å². The number of unbranched alkanes of at least 4 members (excludes halogenated alkanes) is 2. The van der Waals surface area contributed by atoms with Gasteiger partial charge in [-0.15, -0.1) is 0 Å². The second-order valence-electron chi connectivity index (χ2n) is 6.42. The summed E-state index contributed by atoms with van der Waals surface area (Å²) in [6.45, 7) is 2.23. The van der Waals surface area contributed by atoms with Crippen LogP contribution in [-0.4, -0.2) is 0 Å². The Kier molecular flexibility index (Phi) is 7.00. The van der Waals surface area contributed by atoms with Gasteiger partial charge in [-0.2, -0.15) is 13.2 Å². The van der Waals surface area contributed by atoms with Gasteiger partial charge >= 0.3 is 12.1 Å². The summed E-state index contributed by atoms with van der Waals surface area (Å²) in [6, 6.07) is 5.02. The average molecular weight is 326 g/mol. The molecule has 0 N–H and O–H groups in total. The topological polar surface area (TPSA) is 9.23 Å². The van der Waals surface area contributed by atoms with E-state index in [1.54, 1.807) is 12.1 Å². The van der Waals surface area contributed by atoms with Crippen molar-refractivity contribution in [1.29, 1.82) is 0 Å². The average Bonchev–Trinajstić information content (AvgIpc) is 2.56. The van der Waals surface area contributed by atoms with Crippen molar-refractivity contribution >= 4 is 0 Å². The monoisotopic (exact) mass is 326 g/mol. The summed E-state index contributed by atoms with van der Waals surface area (Å²) in [6.07, 6.45) is 7.70. The fourth-order valence-electron chi connectivity index (χ4n) is 3.42. The molecule has 0 spiro atoms. The Hall–Kier alpha value is -1.45. The van der Waals surface area contributed by atoms with Gasteiger partial charge in [0.2, 0.25) is 0 Å². The lowest BCUT2D eigenvalue weighted by molar-refractivity contribution is 0.241. The molecule has 0 amide bonds. The zero-order valence-electron chi connectivity index (χ0n) is 13.7. The van der Waals surface area contributed by atoms with Crippen LogP contribution < -0.4 is 4.74 Å². The van der Waals surface area contributed by atoms with E-state index in [0.29, 0.717) is 5.92 Å². The molecule has 23 heavy (non-hydrogen) atoms. The number of benzene rings is 1. The molecule has 1 saturated carbocycles. The van der Waals surface area contributed by atoms with E-state index < -0.39 is 12.1 Å². The van der Waals surface area contributed by atoms with Crippen LogP contribution in [0.5, 0.6) is 5.75 Å². The van der Waals surface area contributed by atoms with Gasteiger partial charge in [0.25, 0.3) is 0 Å². The molecule has 1 aromatic carbocycles. The van der Waals surface area contributed by atoms with Crippen molar-refractivity contribution in [1.82, 2.24) is 0 Å². The van der Waals surface area contributed by atoms with Crippen molar-refractivity contribution < 1.29 is 17.9 Å². The molecule has 0 aromatic heterocycles. The summed E-state index contributed by atoms with van der Waals surface area (Å²) in [5, 5.41) is 0. The minimum absolute atomic E-state index is 0.104. The van der Waals surface area contributed by atoms with Crippen molar-refractivity contribution in [3.8, 4) is 5.75 Å². The summed E-state index contributed by atoms with van der Waals surface area (Å²) in [7, 11) is 0. The Morgan fingerprint density at radius 1 is 1.00 bits per heavy atom. The van der Waals surface area contributed by atoms with Crippen LogP contribution in [0.2, 0.25) is 0 Å². The first-order valence-corrected chi connectivity index (χ1v) is 8.58. The highest BCUT2D eigenvalue weighted by Crippen LogP contribution is 2.38. The lowest BCUT2D eigenvalue weighted by atomic mass is 9.77. The van der Waals surface area contributed by atoms with Crippen molar-refractivity contribution in [2.45, 2.75) is 64.2 Å². The number of hydrogen-bond donors (Lipinski definition) is 0. The van der Waals surface area contributed by atoms with Crippen molar-refractivity contribution in [3.63, 3.8) is 0 Å². The zero-order chi connectivity index (χ0) is 16.7. The van der Waals surface area contributed by atoms with E-state index in [0.717, 1.165) is 5.92 Å². The van der Waals surface area contributed by atoms with E-state index in [-0.39, 0.29) is 5.75 Å². The van der Waals surface area contributed by atoms with Gasteiger partial charge in [0, 0.05) is 0 Å². The highest BCUT2D eigenvalue weighted by atomic mass is 19.3. The molecule has 1 aromatic rings. The van der Waals surface area contributed by atoms with E-state index in [1.165, 1.54) is 56.9 Å². The van der Waals surface area contributed by atoms with E-state index in [2.05, 4.69) is 11.7 Å². The summed E-state index contributed by atoms with van der Waals surface area (Å²) in [4.78, 5) is 0. The van der Waals surface area contributed by atoms with Crippen LogP contribution in [-0.2, 0) is 0 Å². The highest BCUT2D eigenvalue weighted by Gasteiger charge is 2.22. The van der Waals surface area contributed by atoms with Gasteiger partial charge in [0.15, 0.2) is 0 Å². The Balaban J connectivity index is 1.83. The maximum absolute atomic E-state index is 12.7. The lowest BCUT2D eigenvalue weighted by Gasteiger charge is -2.29. The smallest absolute Gasteiger partial charge is 0.344 e. The molecule has 1 fully saturated rings. The molecule has 0 aliphatic heterocycles. The zero-order valence-corrected chi connectivity index (χ0v) is 13.7. The summed E-state index contributed by atoms with van der Waals surface area (Å²) in [5.74, 6) is 1.48. The quantitative estimate of drug-likeness (QED) is 0.389. The minimum atomic E-state index is -2.43.